The van der Waals surface area contributed by atoms with Gasteiger partial charge in [-0.1, -0.05) is 33.3 Å². The predicted molar refractivity (Wildman–Crippen MR) is 107 cm³/mol. The molecule has 7 heteroatoms. The summed E-state index contributed by atoms with van der Waals surface area (Å²) in [4.78, 5) is 19.4. The molecular formula is C19H17BrFN3OS. The summed E-state index contributed by atoms with van der Waals surface area (Å²) in [7, 11) is 0. The molecule has 26 heavy (non-hydrogen) atoms. The largest absolute Gasteiger partial charge is 0.347 e. The second-order valence-corrected chi connectivity index (χ2v) is 8.32. The monoisotopic (exact) mass is 433 g/mol. The van der Waals surface area contributed by atoms with Crippen molar-refractivity contribution in [2.45, 2.75) is 12.8 Å². The third-order valence-electron chi connectivity index (χ3n) is 4.49. The van der Waals surface area contributed by atoms with E-state index in [2.05, 4.69) is 31.1 Å². The van der Waals surface area contributed by atoms with Crippen LogP contribution in [0.3, 0.4) is 0 Å². The van der Waals surface area contributed by atoms with Gasteiger partial charge < -0.3 is 10.2 Å². The minimum absolute atomic E-state index is 0.0277. The SMILES string of the molecule is O=C(Nc1cccc(Br)c1)C1CCCN(c2nc3ccc(F)cc3s2)C1. The molecule has 1 atom stereocenters. The molecule has 4 nitrogen and oxygen atoms in total. The van der Waals surface area contributed by atoms with Crippen LogP contribution in [-0.4, -0.2) is 24.0 Å². The molecule has 2 heterocycles. The van der Waals surface area contributed by atoms with Crippen LogP contribution >= 0.6 is 27.3 Å². The maximum absolute atomic E-state index is 13.4. The highest BCUT2D eigenvalue weighted by atomic mass is 79.9. The highest BCUT2D eigenvalue weighted by Crippen LogP contribution is 2.32. The minimum atomic E-state index is -0.252. The van der Waals surface area contributed by atoms with Gasteiger partial charge in [0, 0.05) is 23.2 Å². The predicted octanol–water partition coefficient (Wildman–Crippen LogP) is 5.05. The molecule has 3 aromatic rings. The Labute approximate surface area is 163 Å². The van der Waals surface area contributed by atoms with Gasteiger partial charge >= 0.3 is 0 Å². The average Bonchev–Trinajstić information content (AvgIpc) is 3.05. The van der Waals surface area contributed by atoms with Crippen molar-refractivity contribution in [2.24, 2.45) is 5.92 Å². The number of halogens is 2. The molecule has 1 aliphatic heterocycles. The molecule has 1 unspecified atom stereocenters. The van der Waals surface area contributed by atoms with Gasteiger partial charge in [-0.2, -0.15) is 0 Å². The third kappa shape index (κ3) is 3.73. The number of nitrogens with one attached hydrogen (secondary N) is 1. The van der Waals surface area contributed by atoms with Gasteiger partial charge in [-0.15, -0.1) is 0 Å². The van der Waals surface area contributed by atoms with Crippen molar-refractivity contribution in [3.8, 4) is 0 Å². The van der Waals surface area contributed by atoms with Crippen molar-refractivity contribution in [1.29, 1.82) is 0 Å². The van der Waals surface area contributed by atoms with Crippen LogP contribution in [0.2, 0.25) is 0 Å². The normalized spacial score (nSPS) is 17.5. The molecule has 1 aromatic heterocycles. The molecule has 4 rings (SSSR count). The second-order valence-electron chi connectivity index (χ2n) is 6.39. The first-order valence-corrected chi connectivity index (χ1v) is 10.1. The van der Waals surface area contributed by atoms with Gasteiger partial charge in [0.1, 0.15) is 5.82 Å². The first kappa shape index (κ1) is 17.4. The highest BCUT2D eigenvalue weighted by Gasteiger charge is 2.27. The Balaban J connectivity index is 1.48. The number of hydrogen-bond donors (Lipinski definition) is 1. The number of rotatable bonds is 3. The molecule has 1 amide bonds. The molecule has 0 radical (unpaired) electrons. The molecule has 134 valence electrons. The average molecular weight is 434 g/mol. The number of carbonyl (C=O) groups is 1. The summed E-state index contributed by atoms with van der Waals surface area (Å²) in [5, 5.41) is 3.85. The lowest BCUT2D eigenvalue weighted by molar-refractivity contribution is -0.120. The van der Waals surface area contributed by atoms with Gasteiger partial charge in [0.05, 0.1) is 16.1 Å². The minimum Gasteiger partial charge on any atom is -0.347 e. The zero-order chi connectivity index (χ0) is 18.1. The summed E-state index contributed by atoms with van der Waals surface area (Å²) in [6.07, 6.45) is 1.79. The van der Waals surface area contributed by atoms with E-state index >= 15 is 0 Å². The maximum atomic E-state index is 13.4. The Hall–Kier alpha value is -1.99. The molecule has 1 saturated heterocycles. The van der Waals surface area contributed by atoms with E-state index in [0.29, 0.717) is 6.54 Å². The molecule has 1 fully saturated rings. The lowest BCUT2D eigenvalue weighted by atomic mass is 9.97. The summed E-state index contributed by atoms with van der Waals surface area (Å²) < 4.78 is 15.2. The van der Waals surface area contributed by atoms with E-state index in [4.69, 9.17) is 0 Å². The van der Waals surface area contributed by atoms with Crippen molar-refractivity contribution in [3.05, 3.63) is 52.8 Å². The number of amides is 1. The van der Waals surface area contributed by atoms with Crippen LogP contribution in [0.4, 0.5) is 15.2 Å². The van der Waals surface area contributed by atoms with E-state index in [1.165, 1.54) is 23.5 Å². The van der Waals surface area contributed by atoms with E-state index in [1.807, 2.05) is 24.3 Å². The Morgan fingerprint density at radius 1 is 1.31 bits per heavy atom. The second kappa shape index (κ2) is 7.32. The first-order valence-electron chi connectivity index (χ1n) is 8.46. The van der Waals surface area contributed by atoms with Crippen molar-refractivity contribution >= 4 is 54.2 Å². The molecule has 1 N–H and O–H groups in total. The molecule has 1 aliphatic rings. The maximum Gasteiger partial charge on any atom is 0.229 e. The number of anilines is 2. The number of aromatic nitrogens is 1. The third-order valence-corrected chi connectivity index (χ3v) is 6.07. The number of carbonyl (C=O) groups excluding carboxylic acids is 1. The fourth-order valence-corrected chi connectivity index (χ4v) is 4.62. The van der Waals surface area contributed by atoms with Gasteiger partial charge in [0.25, 0.3) is 0 Å². The van der Waals surface area contributed by atoms with Crippen LogP contribution in [-0.2, 0) is 4.79 Å². The molecule has 0 aliphatic carbocycles. The van der Waals surface area contributed by atoms with Crippen molar-refractivity contribution < 1.29 is 9.18 Å². The standard InChI is InChI=1S/C19H17BrFN3OS/c20-13-4-1-5-15(9-13)22-18(25)12-3-2-8-24(11-12)19-23-16-7-6-14(21)10-17(16)26-19/h1,4-7,9-10,12H,2-3,8,11H2,(H,22,25). The zero-order valence-electron chi connectivity index (χ0n) is 13.9. The van der Waals surface area contributed by atoms with Crippen molar-refractivity contribution in [2.75, 3.05) is 23.3 Å². The fourth-order valence-electron chi connectivity index (χ4n) is 3.20. The number of nitrogens with zero attached hydrogens (tertiary/aromatic N) is 2. The van der Waals surface area contributed by atoms with E-state index in [1.54, 1.807) is 6.07 Å². The molecule has 0 bridgehead atoms. The Bertz CT molecular complexity index is 961. The van der Waals surface area contributed by atoms with Crippen molar-refractivity contribution in [3.63, 3.8) is 0 Å². The van der Waals surface area contributed by atoms with Gasteiger partial charge in [0.2, 0.25) is 5.91 Å². The summed E-state index contributed by atoms with van der Waals surface area (Å²) >= 11 is 4.89. The van der Waals surface area contributed by atoms with Gasteiger partial charge in [-0.25, -0.2) is 9.37 Å². The highest BCUT2D eigenvalue weighted by molar-refractivity contribution is 9.10. The zero-order valence-corrected chi connectivity index (χ0v) is 16.3. The quantitative estimate of drug-likeness (QED) is 0.628. The Morgan fingerprint density at radius 3 is 3.04 bits per heavy atom. The molecule has 2 aromatic carbocycles. The van der Waals surface area contributed by atoms with Crippen LogP contribution in [0.5, 0.6) is 0 Å². The van der Waals surface area contributed by atoms with Crippen LogP contribution < -0.4 is 10.2 Å². The smallest absolute Gasteiger partial charge is 0.229 e. The summed E-state index contributed by atoms with van der Waals surface area (Å²) in [5.74, 6) is -0.316. The van der Waals surface area contributed by atoms with Gasteiger partial charge in [-0.05, 0) is 49.2 Å². The number of fused-ring (bicyclic) bond motifs is 1. The Morgan fingerprint density at radius 2 is 2.19 bits per heavy atom. The van der Waals surface area contributed by atoms with E-state index in [-0.39, 0.29) is 17.6 Å². The lowest BCUT2D eigenvalue weighted by Gasteiger charge is -2.31. The molecule has 0 spiro atoms. The first-order chi connectivity index (χ1) is 12.6. The van der Waals surface area contributed by atoms with Crippen LogP contribution in [0.25, 0.3) is 10.2 Å². The van der Waals surface area contributed by atoms with Crippen LogP contribution in [0.15, 0.2) is 46.9 Å². The number of hydrogen-bond acceptors (Lipinski definition) is 4. The summed E-state index contributed by atoms with van der Waals surface area (Å²) in [6, 6.07) is 12.2. The molecule has 0 saturated carbocycles. The number of thiazole rings is 1. The summed E-state index contributed by atoms with van der Waals surface area (Å²) in [5.41, 5.74) is 1.59. The van der Waals surface area contributed by atoms with E-state index < -0.39 is 0 Å². The van der Waals surface area contributed by atoms with E-state index in [0.717, 1.165) is 44.9 Å². The van der Waals surface area contributed by atoms with E-state index in [9.17, 15) is 9.18 Å². The van der Waals surface area contributed by atoms with Gasteiger partial charge in [-0.3, -0.25) is 4.79 Å². The number of benzene rings is 2. The van der Waals surface area contributed by atoms with Crippen molar-refractivity contribution in [1.82, 2.24) is 4.98 Å². The van der Waals surface area contributed by atoms with Gasteiger partial charge in [0.15, 0.2) is 5.13 Å². The topological polar surface area (TPSA) is 45.2 Å². The van der Waals surface area contributed by atoms with Crippen LogP contribution in [0.1, 0.15) is 12.8 Å². The number of piperidine rings is 1. The lowest BCUT2D eigenvalue weighted by Crippen LogP contribution is -2.40. The summed E-state index contributed by atoms with van der Waals surface area (Å²) in [6.45, 7) is 1.49. The molecular weight excluding hydrogens is 417 g/mol. The van der Waals surface area contributed by atoms with Crippen LogP contribution in [0, 0.1) is 11.7 Å². The fraction of sp³-hybridized carbons (Fsp3) is 0.263. The Kier molecular flexibility index (Phi) is 4.91.